The number of piperidine rings is 1. The summed E-state index contributed by atoms with van der Waals surface area (Å²) in [5, 5.41) is 6.63. The number of carbonyl (C=O) groups is 3. The van der Waals surface area contributed by atoms with Gasteiger partial charge in [0.25, 0.3) is 5.91 Å². The number of rotatable bonds is 10. The van der Waals surface area contributed by atoms with Crippen LogP contribution in [0.3, 0.4) is 0 Å². The third-order valence-corrected chi connectivity index (χ3v) is 12.5. The molecule has 14 heteroatoms. The highest BCUT2D eigenvalue weighted by Crippen LogP contribution is 2.35. The summed E-state index contributed by atoms with van der Waals surface area (Å²) in [5.41, 5.74) is 7.27. The van der Waals surface area contributed by atoms with E-state index in [4.69, 9.17) is 9.97 Å². The van der Waals surface area contributed by atoms with Crippen LogP contribution in [-0.2, 0) is 16.1 Å². The first-order valence-electron chi connectivity index (χ1n) is 21.1. The van der Waals surface area contributed by atoms with Crippen molar-refractivity contribution in [3.05, 3.63) is 95.9 Å². The molecule has 3 aliphatic heterocycles. The molecule has 6 heterocycles. The van der Waals surface area contributed by atoms with E-state index in [0.29, 0.717) is 30.3 Å². The first kappa shape index (κ1) is 38.5. The van der Waals surface area contributed by atoms with Gasteiger partial charge in [0.1, 0.15) is 17.2 Å². The van der Waals surface area contributed by atoms with Crippen LogP contribution in [-0.4, -0.2) is 113 Å². The second-order valence-corrected chi connectivity index (χ2v) is 16.5. The lowest BCUT2D eigenvalue weighted by Gasteiger charge is -2.37. The smallest absolute Gasteiger partial charge is 0.270 e. The molecule has 1 saturated carbocycles. The van der Waals surface area contributed by atoms with Crippen LogP contribution in [0.1, 0.15) is 72.1 Å². The molecular weight excluding hydrogens is 743 g/mol. The van der Waals surface area contributed by atoms with E-state index in [1.54, 1.807) is 25.2 Å². The summed E-state index contributed by atoms with van der Waals surface area (Å²) in [4.78, 5) is 62.5. The van der Waals surface area contributed by atoms with Crippen LogP contribution in [0.2, 0.25) is 0 Å². The number of imide groups is 1. The molecule has 3 amide bonds. The van der Waals surface area contributed by atoms with E-state index in [2.05, 4.69) is 82.2 Å². The number of pyridine rings is 1. The quantitative estimate of drug-likeness (QED) is 0.172. The molecule has 1 unspecified atom stereocenters. The van der Waals surface area contributed by atoms with E-state index < -0.39 is 0 Å². The summed E-state index contributed by atoms with van der Waals surface area (Å²) in [7, 11) is 3.57. The predicted molar refractivity (Wildman–Crippen MR) is 230 cm³/mol. The molecule has 9 rings (SSSR count). The third-order valence-electron chi connectivity index (χ3n) is 12.5. The number of nitrogens with one attached hydrogen (secondary N) is 2. The molecule has 1 aliphatic carbocycles. The highest BCUT2D eigenvalue weighted by molar-refractivity contribution is 6.01. The molecule has 3 saturated heterocycles. The maximum atomic E-state index is 13.1. The molecule has 4 fully saturated rings. The van der Waals surface area contributed by atoms with Crippen molar-refractivity contribution in [1.82, 2.24) is 34.6 Å². The Kier molecular flexibility index (Phi) is 10.9. The van der Waals surface area contributed by atoms with Gasteiger partial charge in [-0.15, -0.1) is 0 Å². The number of hydrogen-bond donors (Lipinski definition) is 2. The first-order valence-corrected chi connectivity index (χ1v) is 21.1. The van der Waals surface area contributed by atoms with Crippen LogP contribution in [0.25, 0.3) is 11.0 Å². The molecule has 0 spiro atoms. The molecule has 2 aromatic carbocycles. The minimum absolute atomic E-state index is 0.0192. The number of nitrogens with zero attached hydrogens (tertiary/aromatic N) is 9. The summed E-state index contributed by atoms with van der Waals surface area (Å²) in [6.45, 7) is 8.51. The molecule has 14 nitrogen and oxygen atoms in total. The van der Waals surface area contributed by atoms with Crippen LogP contribution < -0.4 is 25.3 Å². The molecule has 4 aliphatic rings. The number of aromatic nitrogens is 4. The molecule has 0 radical (unpaired) electrons. The monoisotopic (exact) mass is 795 g/mol. The molecule has 0 bridgehead atoms. The van der Waals surface area contributed by atoms with E-state index >= 15 is 0 Å². The van der Waals surface area contributed by atoms with E-state index in [9.17, 15) is 14.4 Å². The number of amides is 3. The van der Waals surface area contributed by atoms with Gasteiger partial charge in [-0.25, -0.2) is 9.97 Å². The second kappa shape index (κ2) is 16.7. The first-order chi connectivity index (χ1) is 28.8. The van der Waals surface area contributed by atoms with Gasteiger partial charge >= 0.3 is 0 Å². The standard InChI is InChI=1S/C45H53N11O3/c1-51(2)44(59)39-27-33-28-47-45(50-42(33)56(39)36-5-3-4-6-36)48-40-17-15-37(29-46-40)55-25-23-54(24-26-55)34-11-7-31(8-12-34)30-52-19-21-53(22-20-52)35-13-9-32(10-14-35)38-16-18-41(57)49-43(38)58/h7-15,17,27-29,36,38H,3-6,16,18-26,30H2,1-2H3,(H,49,57,58)(H,46,47,48,50). The maximum Gasteiger partial charge on any atom is 0.270 e. The SMILES string of the molecule is CN(C)C(=O)c1cc2cnc(Nc3ccc(N4CCN(c5ccc(CN6CCN(c7ccc(C8CCC(=O)NC8=O)cc7)CC6)cc5)CC4)cn3)nc2n1C1CCCC1. The number of anilines is 5. The Balaban J connectivity index is 0.746. The van der Waals surface area contributed by atoms with Gasteiger partial charge in [-0.2, -0.15) is 4.98 Å². The minimum atomic E-state index is -0.247. The van der Waals surface area contributed by atoms with Crippen molar-refractivity contribution in [2.45, 2.75) is 57.0 Å². The van der Waals surface area contributed by atoms with Gasteiger partial charge in [0.05, 0.1) is 17.8 Å². The van der Waals surface area contributed by atoms with Crippen molar-refractivity contribution in [2.24, 2.45) is 0 Å². The Labute approximate surface area is 345 Å². The Morgan fingerprint density at radius 3 is 2.02 bits per heavy atom. The number of carbonyl (C=O) groups excluding carboxylic acids is 3. The van der Waals surface area contributed by atoms with Crippen molar-refractivity contribution in [3.8, 4) is 0 Å². The normalized spacial score (nSPS) is 19.4. The van der Waals surface area contributed by atoms with E-state index in [0.717, 1.165) is 107 Å². The van der Waals surface area contributed by atoms with Crippen molar-refractivity contribution >= 4 is 57.6 Å². The molecule has 3 aromatic heterocycles. The van der Waals surface area contributed by atoms with Gasteiger partial charge in [0.2, 0.25) is 17.8 Å². The number of hydrogen-bond acceptors (Lipinski definition) is 11. The fourth-order valence-electron chi connectivity index (χ4n) is 9.14. The van der Waals surface area contributed by atoms with Crippen LogP contribution in [0.5, 0.6) is 0 Å². The Morgan fingerprint density at radius 2 is 1.39 bits per heavy atom. The molecular formula is C45H53N11O3. The van der Waals surface area contributed by atoms with Crippen molar-refractivity contribution in [2.75, 3.05) is 86.5 Å². The minimum Gasteiger partial charge on any atom is -0.369 e. The van der Waals surface area contributed by atoms with Crippen LogP contribution >= 0.6 is 0 Å². The second-order valence-electron chi connectivity index (χ2n) is 16.5. The van der Waals surface area contributed by atoms with Crippen molar-refractivity contribution in [1.29, 1.82) is 0 Å². The number of benzene rings is 2. The summed E-state index contributed by atoms with van der Waals surface area (Å²) in [6.07, 6.45) is 9.09. The van der Waals surface area contributed by atoms with Crippen molar-refractivity contribution in [3.63, 3.8) is 0 Å². The highest BCUT2D eigenvalue weighted by Gasteiger charge is 2.29. The largest absolute Gasteiger partial charge is 0.369 e. The summed E-state index contributed by atoms with van der Waals surface area (Å²) in [6, 6.07) is 23.6. The van der Waals surface area contributed by atoms with E-state index in [1.165, 1.54) is 16.9 Å². The van der Waals surface area contributed by atoms with Crippen LogP contribution in [0.4, 0.5) is 28.8 Å². The molecule has 2 N–H and O–H groups in total. The van der Waals surface area contributed by atoms with E-state index in [-0.39, 0.29) is 29.7 Å². The highest BCUT2D eigenvalue weighted by atomic mass is 16.2. The van der Waals surface area contributed by atoms with Gasteiger partial charge in [-0.1, -0.05) is 37.1 Å². The average molecular weight is 796 g/mol. The van der Waals surface area contributed by atoms with E-state index in [1.807, 2.05) is 30.5 Å². The van der Waals surface area contributed by atoms with Gasteiger partial charge in [-0.05, 0) is 72.9 Å². The third kappa shape index (κ3) is 8.31. The molecule has 306 valence electrons. The van der Waals surface area contributed by atoms with Gasteiger partial charge in [0.15, 0.2) is 0 Å². The number of piperazine rings is 2. The lowest BCUT2D eigenvalue weighted by molar-refractivity contribution is -0.134. The fourth-order valence-corrected chi connectivity index (χ4v) is 9.14. The molecule has 5 aromatic rings. The zero-order valence-electron chi connectivity index (χ0n) is 34.0. The number of fused-ring (bicyclic) bond motifs is 1. The van der Waals surface area contributed by atoms with Crippen LogP contribution in [0.15, 0.2) is 79.1 Å². The van der Waals surface area contributed by atoms with Gasteiger partial charge in [-0.3, -0.25) is 24.6 Å². The Hall–Kier alpha value is -6.02. The fraction of sp³-hybridized carbons (Fsp3) is 0.422. The Bertz CT molecular complexity index is 2290. The average Bonchev–Trinajstić information content (AvgIpc) is 3.93. The zero-order chi connectivity index (χ0) is 40.5. The summed E-state index contributed by atoms with van der Waals surface area (Å²) >= 11 is 0. The van der Waals surface area contributed by atoms with Gasteiger partial charge < -0.3 is 29.5 Å². The molecule has 1 atom stereocenters. The predicted octanol–water partition coefficient (Wildman–Crippen LogP) is 5.56. The zero-order valence-corrected chi connectivity index (χ0v) is 34.0. The Morgan fingerprint density at radius 1 is 0.763 bits per heavy atom. The van der Waals surface area contributed by atoms with Crippen LogP contribution in [0, 0.1) is 0 Å². The molecule has 59 heavy (non-hydrogen) atoms. The summed E-state index contributed by atoms with van der Waals surface area (Å²) in [5.74, 6) is 0.510. The van der Waals surface area contributed by atoms with Gasteiger partial charge in [0, 0.05) is 108 Å². The summed E-state index contributed by atoms with van der Waals surface area (Å²) < 4.78 is 2.13. The topological polar surface area (TPSA) is 135 Å². The lowest BCUT2D eigenvalue weighted by atomic mass is 9.90. The lowest BCUT2D eigenvalue weighted by Crippen LogP contribution is -2.46. The maximum absolute atomic E-state index is 13.1. The van der Waals surface area contributed by atoms with Crippen molar-refractivity contribution < 1.29 is 14.4 Å².